The molecule has 2 aromatic carbocycles. The first-order chi connectivity index (χ1) is 12.3. The molecule has 2 aliphatic heterocycles. The Morgan fingerprint density at radius 2 is 1.59 bits per heavy atom. The summed E-state index contributed by atoms with van der Waals surface area (Å²) in [7, 11) is 0. The molecule has 0 aliphatic carbocycles. The summed E-state index contributed by atoms with van der Waals surface area (Å²) in [6, 6.07) is 13.7. The molecular formula is C23H29BrN3-. The van der Waals surface area contributed by atoms with Crippen molar-refractivity contribution in [3.8, 4) is 0 Å². The van der Waals surface area contributed by atoms with Crippen molar-refractivity contribution in [2.24, 2.45) is 4.99 Å². The van der Waals surface area contributed by atoms with Gasteiger partial charge in [-0.15, -0.1) is 0 Å². The first-order valence-electron chi connectivity index (χ1n) is 9.65. The number of nitrogens with zero attached hydrogens (tertiary/aromatic N) is 3. The highest BCUT2D eigenvalue weighted by Gasteiger charge is 2.34. The smallest absolute Gasteiger partial charge is 0.206 e. The number of hydrogen-bond donors (Lipinski definition) is 0. The molecule has 0 saturated carbocycles. The molecule has 0 atom stereocenters. The minimum Gasteiger partial charge on any atom is -1.00 e. The van der Waals surface area contributed by atoms with Crippen LogP contribution in [-0.2, 0) is 12.0 Å². The topological polar surface area (TPSA) is 18.8 Å². The minimum atomic E-state index is 0. The lowest BCUT2D eigenvalue weighted by Gasteiger charge is -2.27. The van der Waals surface area contributed by atoms with Gasteiger partial charge in [-0.1, -0.05) is 45.0 Å². The Morgan fingerprint density at radius 3 is 2.22 bits per heavy atom. The lowest BCUT2D eigenvalue weighted by molar-refractivity contribution is -0.00000581. The van der Waals surface area contributed by atoms with Crippen LogP contribution in [-0.4, -0.2) is 19.0 Å². The Morgan fingerprint density at radius 1 is 0.963 bits per heavy atom. The van der Waals surface area contributed by atoms with Crippen LogP contribution in [0.4, 0.5) is 11.4 Å². The zero-order chi connectivity index (χ0) is 18.5. The van der Waals surface area contributed by atoms with E-state index in [0.29, 0.717) is 0 Å². The van der Waals surface area contributed by atoms with Gasteiger partial charge in [0.2, 0.25) is 5.96 Å². The maximum Gasteiger partial charge on any atom is 0.206 e. The second kappa shape index (κ2) is 7.31. The zero-order valence-electron chi connectivity index (χ0n) is 17.0. The van der Waals surface area contributed by atoms with Crippen molar-refractivity contribution in [3.63, 3.8) is 0 Å². The Bertz CT molecular complexity index is 862. The highest BCUT2D eigenvalue weighted by molar-refractivity contribution is 6.16. The van der Waals surface area contributed by atoms with E-state index in [0.717, 1.165) is 32.0 Å². The van der Waals surface area contributed by atoms with Gasteiger partial charge in [0, 0.05) is 13.1 Å². The van der Waals surface area contributed by atoms with Crippen LogP contribution in [0, 0.1) is 13.8 Å². The van der Waals surface area contributed by atoms with Crippen molar-refractivity contribution in [2.75, 3.05) is 22.9 Å². The summed E-state index contributed by atoms with van der Waals surface area (Å²) in [6.45, 7) is 14.0. The van der Waals surface area contributed by atoms with E-state index < -0.39 is 0 Å². The molecule has 4 heteroatoms. The van der Waals surface area contributed by atoms with Crippen molar-refractivity contribution in [3.05, 3.63) is 58.7 Å². The summed E-state index contributed by atoms with van der Waals surface area (Å²) in [5.74, 6) is 1.12. The lowest BCUT2D eigenvalue weighted by atomic mass is 9.87. The number of guanidine groups is 1. The highest BCUT2D eigenvalue weighted by Crippen LogP contribution is 2.41. The fourth-order valence-electron chi connectivity index (χ4n) is 3.83. The summed E-state index contributed by atoms with van der Waals surface area (Å²) in [6.07, 6.45) is 1.13. The van der Waals surface area contributed by atoms with Gasteiger partial charge in [-0.05, 0) is 60.1 Å². The third kappa shape index (κ3) is 3.64. The van der Waals surface area contributed by atoms with Crippen molar-refractivity contribution >= 4 is 17.3 Å². The molecule has 2 aliphatic rings. The Kier molecular flexibility index (Phi) is 5.40. The summed E-state index contributed by atoms with van der Waals surface area (Å²) in [4.78, 5) is 9.66. The van der Waals surface area contributed by atoms with Gasteiger partial charge < -0.3 is 26.8 Å². The molecule has 27 heavy (non-hydrogen) atoms. The number of aryl methyl sites for hydroxylation is 2. The lowest BCUT2D eigenvalue weighted by Crippen LogP contribution is -3.00. The van der Waals surface area contributed by atoms with Crippen molar-refractivity contribution in [1.82, 2.24) is 0 Å². The van der Waals surface area contributed by atoms with Crippen LogP contribution >= 0.6 is 0 Å². The average molecular weight is 427 g/mol. The van der Waals surface area contributed by atoms with Crippen LogP contribution in [0.3, 0.4) is 0 Å². The Hall–Kier alpha value is -1.81. The molecule has 144 valence electrons. The average Bonchev–Trinajstić information content (AvgIpc) is 2.89. The van der Waals surface area contributed by atoms with Crippen molar-refractivity contribution < 1.29 is 17.0 Å². The van der Waals surface area contributed by atoms with E-state index in [4.69, 9.17) is 4.99 Å². The number of hydrogen-bond acceptors (Lipinski definition) is 3. The third-order valence-electron chi connectivity index (χ3n) is 5.61. The molecule has 3 nitrogen and oxygen atoms in total. The molecule has 4 rings (SSSR count). The first kappa shape index (κ1) is 19.9. The number of benzene rings is 2. The highest BCUT2D eigenvalue weighted by atomic mass is 79.9. The number of halogens is 1. The predicted octanol–water partition coefficient (Wildman–Crippen LogP) is 2.19. The van der Waals surface area contributed by atoms with Gasteiger partial charge in [-0.25, -0.2) is 0 Å². The SMILES string of the molecule is Cc1cc2c(cc1C)N(Cc1ccc(C(C)(C)C)cc1)C1=NCCCN12.[Br-]. The molecule has 0 spiro atoms. The van der Waals surface area contributed by atoms with Crippen LogP contribution < -0.4 is 26.8 Å². The molecule has 2 aromatic rings. The van der Waals surface area contributed by atoms with Crippen LogP contribution in [0.25, 0.3) is 0 Å². The quantitative estimate of drug-likeness (QED) is 0.732. The summed E-state index contributed by atoms with van der Waals surface area (Å²) >= 11 is 0. The second-order valence-corrected chi connectivity index (χ2v) is 8.65. The standard InChI is InChI=1S/C23H29N3.BrH/c1-16-13-20-21(14-17(16)2)26(22-24-11-6-12-25(20)22)15-18-7-9-19(10-8-18)23(3,4)5;/h7-10,13-14H,6,11-12,15H2,1-5H3;1H/p-1. The first-order valence-corrected chi connectivity index (χ1v) is 9.65. The van der Waals surface area contributed by atoms with Gasteiger partial charge in [0.25, 0.3) is 0 Å². The summed E-state index contributed by atoms with van der Waals surface area (Å²) in [5, 5.41) is 0. The molecule has 0 fully saturated rings. The molecule has 2 heterocycles. The second-order valence-electron chi connectivity index (χ2n) is 8.65. The minimum absolute atomic E-state index is 0. The van der Waals surface area contributed by atoms with Crippen molar-refractivity contribution in [2.45, 2.75) is 53.0 Å². The molecule has 0 amide bonds. The maximum absolute atomic E-state index is 4.87. The predicted molar refractivity (Wildman–Crippen MR) is 112 cm³/mol. The number of anilines is 2. The van der Waals surface area contributed by atoms with Gasteiger partial charge >= 0.3 is 0 Å². The normalized spacial score (nSPS) is 15.8. The van der Waals surface area contributed by atoms with E-state index in [-0.39, 0.29) is 22.4 Å². The molecule has 0 radical (unpaired) electrons. The Balaban J connectivity index is 0.00000210. The van der Waals surface area contributed by atoms with E-state index in [2.05, 4.69) is 80.8 Å². The van der Waals surface area contributed by atoms with Gasteiger partial charge in [0.1, 0.15) is 0 Å². The van der Waals surface area contributed by atoms with E-state index in [1.165, 1.54) is 33.6 Å². The largest absolute Gasteiger partial charge is 1.00 e. The van der Waals surface area contributed by atoms with E-state index in [1.807, 2.05) is 0 Å². The van der Waals surface area contributed by atoms with Crippen LogP contribution in [0.15, 0.2) is 41.4 Å². The molecule has 0 bridgehead atoms. The summed E-state index contributed by atoms with van der Waals surface area (Å²) < 4.78 is 0. The van der Waals surface area contributed by atoms with E-state index in [1.54, 1.807) is 0 Å². The van der Waals surface area contributed by atoms with Gasteiger partial charge in [-0.3, -0.25) is 4.99 Å². The van der Waals surface area contributed by atoms with Gasteiger partial charge in [0.05, 0.1) is 17.9 Å². The van der Waals surface area contributed by atoms with Gasteiger partial charge in [-0.2, -0.15) is 0 Å². The van der Waals surface area contributed by atoms with Crippen LogP contribution in [0.5, 0.6) is 0 Å². The Labute approximate surface area is 173 Å². The number of rotatable bonds is 2. The molecule has 0 unspecified atom stereocenters. The van der Waals surface area contributed by atoms with Crippen molar-refractivity contribution in [1.29, 1.82) is 0 Å². The monoisotopic (exact) mass is 426 g/mol. The van der Waals surface area contributed by atoms with Crippen LogP contribution in [0.1, 0.15) is 49.4 Å². The van der Waals surface area contributed by atoms with Crippen LogP contribution in [0.2, 0.25) is 0 Å². The third-order valence-corrected chi connectivity index (χ3v) is 5.61. The fourth-order valence-corrected chi connectivity index (χ4v) is 3.83. The zero-order valence-corrected chi connectivity index (χ0v) is 18.6. The maximum atomic E-state index is 4.87. The molecular weight excluding hydrogens is 398 g/mol. The molecule has 0 N–H and O–H groups in total. The number of aliphatic imine (C=N–C) groups is 1. The fraction of sp³-hybridized carbons (Fsp3) is 0.435. The molecule has 0 aromatic heterocycles. The van der Waals surface area contributed by atoms with E-state index >= 15 is 0 Å². The summed E-state index contributed by atoms with van der Waals surface area (Å²) in [5.41, 5.74) is 8.22. The number of fused-ring (bicyclic) bond motifs is 3. The van der Waals surface area contributed by atoms with Gasteiger partial charge in [0.15, 0.2) is 0 Å². The molecule has 0 saturated heterocycles. The van der Waals surface area contributed by atoms with E-state index in [9.17, 15) is 0 Å².